The minimum absolute atomic E-state index is 0.556. The van der Waals surface area contributed by atoms with Crippen molar-refractivity contribution in [3.8, 4) is 16.9 Å². The van der Waals surface area contributed by atoms with E-state index < -0.39 is 0 Å². The lowest BCUT2D eigenvalue weighted by molar-refractivity contribution is 0.112. The van der Waals surface area contributed by atoms with Crippen LogP contribution in [0.2, 0.25) is 0 Å². The topological polar surface area (TPSA) is 39.2 Å². The van der Waals surface area contributed by atoms with Gasteiger partial charge in [0.1, 0.15) is 5.75 Å². The molecule has 0 saturated heterocycles. The summed E-state index contributed by atoms with van der Waals surface area (Å²) in [4.78, 5) is 14.7. The zero-order valence-corrected chi connectivity index (χ0v) is 8.88. The van der Waals surface area contributed by atoms with Crippen molar-refractivity contribution in [3.05, 3.63) is 48.3 Å². The van der Waals surface area contributed by atoms with Crippen LogP contribution in [0.5, 0.6) is 5.75 Å². The van der Waals surface area contributed by atoms with Gasteiger partial charge in [0.05, 0.1) is 12.7 Å². The predicted octanol–water partition coefficient (Wildman–Crippen LogP) is 2.57. The summed E-state index contributed by atoms with van der Waals surface area (Å²) in [6.45, 7) is 0. The summed E-state index contributed by atoms with van der Waals surface area (Å²) >= 11 is 0. The van der Waals surface area contributed by atoms with Gasteiger partial charge >= 0.3 is 0 Å². The Morgan fingerprint density at radius 3 is 2.50 bits per heavy atom. The number of pyridine rings is 1. The molecule has 0 aliphatic rings. The minimum atomic E-state index is 0.556. The Hall–Kier alpha value is -2.16. The van der Waals surface area contributed by atoms with Gasteiger partial charge in [-0.15, -0.1) is 0 Å². The SMILES string of the molecule is COc1cc(-c2ccncc2)ccc1C=O. The van der Waals surface area contributed by atoms with Crippen molar-refractivity contribution < 1.29 is 9.53 Å². The number of hydrogen-bond donors (Lipinski definition) is 0. The molecule has 80 valence electrons. The summed E-state index contributed by atoms with van der Waals surface area (Å²) < 4.78 is 5.15. The maximum absolute atomic E-state index is 10.7. The van der Waals surface area contributed by atoms with Crippen LogP contribution in [0.25, 0.3) is 11.1 Å². The summed E-state index contributed by atoms with van der Waals surface area (Å²) in [6.07, 6.45) is 4.25. The van der Waals surface area contributed by atoms with Crippen LogP contribution in [0.4, 0.5) is 0 Å². The highest BCUT2D eigenvalue weighted by Crippen LogP contribution is 2.25. The first-order valence-electron chi connectivity index (χ1n) is 4.89. The third-order valence-electron chi connectivity index (χ3n) is 2.37. The second kappa shape index (κ2) is 4.57. The first kappa shape index (κ1) is 10.4. The van der Waals surface area contributed by atoms with E-state index in [0.717, 1.165) is 17.4 Å². The minimum Gasteiger partial charge on any atom is -0.496 e. The smallest absolute Gasteiger partial charge is 0.153 e. The molecule has 0 aliphatic heterocycles. The summed E-state index contributed by atoms with van der Waals surface area (Å²) in [5, 5.41) is 0. The van der Waals surface area contributed by atoms with Crippen LogP contribution in [-0.4, -0.2) is 18.4 Å². The van der Waals surface area contributed by atoms with Gasteiger partial charge in [0.25, 0.3) is 0 Å². The van der Waals surface area contributed by atoms with Crippen LogP contribution in [0, 0.1) is 0 Å². The standard InChI is InChI=1S/C13H11NO2/c1-16-13-8-11(2-3-12(13)9-15)10-4-6-14-7-5-10/h2-9H,1H3. The number of aromatic nitrogens is 1. The van der Waals surface area contributed by atoms with Crippen LogP contribution in [0.1, 0.15) is 10.4 Å². The fourth-order valence-corrected chi connectivity index (χ4v) is 1.53. The lowest BCUT2D eigenvalue weighted by Gasteiger charge is -2.06. The largest absolute Gasteiger partial charge is 0.496 e. The zero-order valence-electron chi connectivity index (χ0n) is 8.88. The molecule has 2 rings (SSSR count). The van der Waals surface area contributed by atoms with E-state index in [1.54, 1.807) is 25.6 Å². The van der Waals surface area contributed by atoms with E-state index in [9.17, 15) is 4.79 Å². The predicted molar refractivity (Wildman–Crippen MR) is 61.6 cm³/mol. The van der Waals surface area contributed by atoms with Crippen molar-refractivity contribution in [2.45, 2.75) is 0 Å². The Labute approximate surface area is 93.7 Å². The van der Waals surface area contributed by atoms with E-state index >= 15 is 0 Å². The third kappa shape index (κ3) is 1.93. The second-order valence-corrected chi connectivity index (χ2v) is 3.31. The fraction of sp³-hybridized carbons (Fsp3) is 0.0769. The molecule has 0 radical (unpaired) electrons. The van der Waals surface area contributed by atoms with Gasteiger partial charge in [0, 0.05) is 12.4 Å². The monoisotopic (exact) mass is 213 g/mol. The lowest BCUT2D eigenvalue weighted by atomic mass is 10.0. The average molecular weight is 213 g/mol. The Bertz CT molecular complexity index is 495. The van der Waals surface area contributed by atoms with Gasteiger partial charge < -0.3 is 4.74 Å². The third-order valence-corrected chi connectivity index (χ3v) is 2.37. The number of hydrogen-bond acceptors (Lipinski definition) is 3. The number of nitrogens with zero attached hydrogens (tertiary/aromatic N) is 1. The van der Waals surface area contributed by atoms with Crippen molar-refractivity contribution in [2.75, 3.05) is 7.11 Å². The molecule has 0 N–H and O–H groups in total. The van der Waals surface area contributed by atoms with Gasteiger partial charge in [-0.2, -0.15) is 0 Å². The van der Waals surface area contributed by atoms with Gasteiger partial charge in [-0.05, 0) is 35.4 Å². The molecule has 1 aromatic heterocycles. The van der Waals surface area contributed by atoms with E-state index in [2.05, 4.69) is 4.98 Å². The molecule has 0 atom stereocenters. The van der Waals surface area contributed by atoms with Crippen molar-refractivity contribution in [1.82, 2.24) is 4.98 Å². The molecular formula is C13H11NO2. The highest BCUT2D eigenvalue weighted by atomic mass is 16.5. The van der Waals surface area contributed by atoms with E-state index in [4.69, 9.17) is 4.74 Å². The van der Waals surface area contributed by atoms with Crippen LogP contribution in [0.3, 0.4) is 0 Å². The van der Waals surface area contributed by atoms with E-state index in [0.29, 0.717) is 11.3 Å². The van der Waals surface area contributed by atoms with Gasteiger partial charge in [-0.1, -0.05) is 6.07 Å². The van der Waals surface area contributed by atoms with Crippen molar-refractivity contribution in [1.29, 1.82) is 0 Å². The number of carbonyl (C=O) groups excluding carboxylic acids is 1. The van der Waals surface area contributed by atoms with Gasteiger partial charge in [-0.3, -0.25) is 9.78 Å². The number of rotatable bonds is 3. The first-order chi connectivity index (χ1) is 7.85. The van der Waals surface area contributed by atoms with Gasteiger partial charge in [0.2, 0.25) is 0 Å². The molecule has 0 bridgehead atoms. The molecule has 0 saturated carbocycles. The maximum Gasteiger partial charge on any atom is 0.153 e. The molecule has 3 heteroatoms. The van der Waals surface area contributed by atoms with Crippen molar-refractivity contribution >= 4 is 6.29 Å². The fourth-order valence-electron chi connectivity index (χ4n) is 1.53. The van der Waals surface area contributed by atoms with Crippen LogP contribution < -0.4 is 4.74 Å². The van der Waals surface area contributed by atoms with Crippen molar-refractivity contribution in [3.63, 3.8) is 0 Å². The second-order valence-electron chi connectivity index (χ2n) is 3.31. The molecular weight excluding hydrogens is 202 g/mol. The summed E-state index contributed by atoms with van der Waals surface area (Å²) in [5.41, 5.74) is 2.61. The van der Waals surface area contributed by atoms with Crippen LogP contribution in [-0.2, 0) is 0 Å². The van der Waals surface area contributed by atoms with E-state index in [-0.39, 0.29) is 0 Å². The highest BCUT2D eigenvalue weighted by Gasteiger charge is 2.04. The Kier molecular flexibility index (Phi) is 2.96. The van der Waals surface area contributed by atoms with Gasteiger partial charge in [0.15, 0.2) is 6.29 Å². The summed E-state index contributed by atoms with van der Waals surface area (Å²) in [5.74, 6) is 0.587. The molecule has 1 aromatic carbocycles. The summed E-state index contributed by atoms with van der Waals surface area (Å²) in [6, 6.07) is 9.31. The Morgan fingerprint density at radius 1 is 1.12 bits per heavy atom. The molecule has 0 amide bonds. The molecule has 3 nitrogen and oxygen atoms in total. The zero-order chi connectivity index (χ0) is 11.4. The molecule has 0 fully saturated rings. The number of benzene rings is 1. The number of carbonyl (C=O) groups is 1. The van der Waals surface area contributed by atoms with E-state index in [1.807, 2.05) is 24.3 Å². The van der Waals surface area contributed by atoms with Crippen molar-refractivity contribution in [2.24, 2.45) is 0 Å². The first-order valence-corrected chi connectivity index (χ1v) is 4.89. The molecule has 16 heavy (non-hydrogen) atoms. The molecule has 1 heterocycles. The van der Waals surface area contributed by atoms with Crippen LogP contribution in [0.15, 0.2) is 42.7 Å². The Morgan fingerprint density at radius 2 is 1.88 bits per heavy atom. The molecule has 0 spiro atoms. The maximum atomic E-state index is 10.7. The normalized spacial score (nSPS) is 9.81. The molecule has 0 aliphatic carbocycles. The lowest BCUT2D eigenvalue weighted by Crippen LogP contribution is -1.91. The summed E-state index contributed by atoms with van der Waals surface area (Å²) in [7, 11) is 1.55. The quantitative estimate of drug-likeness (QED) is 0.735. The number of methoxy groups -OCH3 is 1. The molecule has 0 unspecified atom stereocenters. The number of aldehydes is 1. The number of ether oxygens (including phenoxy) is 1. The highest BCUT2D eigenvalue weighted by molar-refractivity contribution is 5.81. The average Bonchev–Trinajstić information content (AvgIpc) is 2.39. The van der Waals surface area contributed by atoms with Gasteiger partial charge in [-0.25, -0.2) is 0 Å². The Balaban J connectivity index is 2.48. The van der Waals surface area contributed by atoms with E-state index in [1.165, 1.54) is 0 Å². The molecule has 2 aromatic rings. The van der Waals surface area contributed by atoms with Crippen LogP contribution >= 0.6 is 0 Å².